The summed E-state index contributed by atoms with van der Waals surface area (Å²) in [6, 6.07) is 19.4. The van der Waals surface area contributed by atoms with Crippen LogP contribution < -0.4 is 9.91 Å². The number of halogens is 1. The Hall–Kier alpha value is -4.18. The van der Waals surface area contributed by atoms with Crippen LogP contribution in [0.15, 0.2) is 88.4 Å². The van der Waals surface area contributed by atoms with Gasteiger partial charge in [-0.15, -0.1) is 0 Å². The van der Waals surface area contributed by atoms with Crippen molar-refractivity contribution in [3.8, 4) is 0 Å². The zero-order chi connectivity index (χ0) is 24.0. The third-order valence-electron chi connectivity index (χ3n) is 5.73. The van der Waals surface area contributed by atoms with E-state index in [0.29, 0.717) is 16.9 Å². The van der Waals surface area contributed by atoms with Crippen molar-refractivity contribution in [1.29, 1.82) is 0 Å². The average molecular weight is 519 g/mol. The molecule has 0 aliphatic carbocycles. The number of Topliss-reactive ketones (excluding diaryl/α,β-unsaturated/α-hetero) is 1. The summed E-state index contributed by atoms with van der Waals surface area (Å²) in [5.74, 6) is -2.65. The maximum absolute atomic E-state index is 13.5. The van der Waals surface area contributed by atoms with Crippen LogP contribution in [0.4, 0.5) is 17.1 Å². The first-order chi connectivity index (χ1) is 16.4. The zero-order valence-electron chi connectivity index (χ0n) is 17.4. The molecule has 9 nitrogen and oxygen atoms in total. The third kappa shape index (κ3) is 3.48. The van der Waals surface area contributed by atoms with Crippen molar-refractivity contribution in [1.82, 2.24) is 0 Å². The summed E-state index contributed by atoms with van der Waals surface area (Å²) in [6.07, 6.45) is 0. The summed E-state index contributed by atoms with van der Waals surface area (Å²) in [5.41, 5.74) is 0.896. The van der Waals surface area contributed by atoms with Gasteiger partial charge in [-0.25, -0.2) is 4.90 Å². The van der Waals surface area contributed by atoms with E-state index in [1.54, 1.807) is 54.6 Å². The number of anilines is 2. The molecule has 10 heteroatoms. The van der Waals surface area contributed by atoms with Crippen LogP contribution >= 0.6 is 15.9 Å². The molecule has 0 aromatic heterocycles. The molecule has 0 bridgehead atoms. The first-order valence-corrected chi connectivity index (χ1v) is 11.0. The molecule has 0 spiro atoms. The Bertz CT molecular complexity index is 1360. The maximum atomic E-state index is 13.5. The van der Waals surface area contributed by atoms with E-state index in [-0.39, 0.29) is 11.4 Å². The lowest BCUT2D eigenvalue weighted by Gasteiger charge is -2.22. The number of nitro groups is 1. The number of nitro benzene ring substituents is 1. The lowest BCUT2D eigenvalue weighted by molar-refractivity contribution is -0.384. The van der Waals surface area contributed by atoms with Crippen LogP contribution in [0.2, 0.25) is 0 Å². The van der Waals surface area contributed by atoms with Crippen molar-refractivity contribution in [3.05, 3.63) is 99.0 Å². The number of amides is 2. The van der Waals surface area contributed by atoms with Crippen LogP contribution in [-0.4, -0.2) is 34.3 Å². The lowest BCUT2D eigenvalue weighted by Crippen LogP contribution is -2.39. The van der Waals surface area contributed by atoms with Gasteiger partial charge >= 0.3 is 0 Å². The summed E-state index contributed by atoms with van der Waals surface area (Å²) in [4.78, 5) is 51.9. The number of carbonyl (C=O) groups is 3. The highest BCUT2D eigenvalue weighted by Gasteiger charge is 2.58. The minimum atomic E-state index is -1.11. The van der Waals surface area contributed by atoms with Gasteiger partial charge in [-0.2, -0.15) is 5.10 Å². The van der Waals surface area contributed by atoms with Gasteiger partial charge in [0.1, 0.15) is 17.7 Å². The summed E-state index contributed by atoms with van der Waals surface area (Å²) in [7, 11) is 0. The number of nitrogens with zero attached hydrogens (tertiary/aromatic N) is 4. The molecular weight excluding hydrogens is 504 g/mol. The second kappa shape index (κ2) is 8.31. The fourth-order valence-electron chi connectivity index (χ4n) is 4.12. The van der Waals surface area contributed by atoms with Crippen molar-refractivity contribution >= 4 is 56.3 Å². The number of hydrogen-bond acceptors (Lipinski definition) is 7. The van der Waals surface area contributed by atoms with Crippen LogP contribution in [0.5, 0.6) is 0 Å². The molecule has 34 heavy (non-hydrogen) atoms. The monoisotopic (exact) mass is 518 g/mol. The summed E-state index contributed by atoms with van der Waals surface area (Å²) in [6.45, 7) is 0. The van der Waals surface area contributed by atoms with Crippen molar-refractivity contribution in [2.75, 3.05) is 9.91 Å². The van der Waals surface area contributed by atoms with Crippen LogP contribution in [0.1, 0.15) is 10.4 Å². The first-order valence-electron chi connectivity index (χ1n) is 10.2. The Labute approximate surface area is 201 Å². The van der Waals surface area contributed by atoms with Gasteiger partial charge < -0.3 is 0 Å². The molecule has 5 rings (SSSR count). The highest BCUT2D eigenvalue weighted by atomic mass is 79.9. The number of carbonyl (C=O) groups excluding carboxylic acids is 3. The number of hydrazone groups is 1. The van der Waals surface area contributed by atoms with Gasteiger partial charge in [-0.05, 0) is 36.4 Å². The minimum Gasteiger partial charge on any atom is -0.287 e. The standard InChI is InChI=1S/C24H15BrN4O5/c25-15-6-8-16(9-7-15)27-23(31)19-20(22(30)14-4-2-1-3-5-14)26-28(21(19)24(27)32)17-10-12-18(13-11-17)29(33)34/h1-13,19,21H. The molecule has 1 saturated heterocycles. The molecule has 3 aromatic carbocycles. The van der Waals surface area contributed by atoms with Crippen molar-refractivity contribution in [2.45, 2.75) is 6.04 Å². The van der Waals surface area contributed by atoms with E-state index in [1.807, 2.05) is 0 Å². The highest BCUT2D eigenvalue weighted by Crippen LogP contribution is 2.39. The van der Waals surface area contributed by atoms with Gasteiger partial charge in [0.2, 0.25) is 11.7 Å². The Morgan fingerprint density at radius 3 is 2.12 bits per heavy atom. The maximum Gasteiger partial charge on any atom is 0.269 e. The molecule has 0 N–H and O–H groups in total. The van der Waals surface area contributed by atoms with E-state index in [4.69, 9.17) is 0 Å². The number of benzene rings is 3. The lowest BCUT2D eigenvalue weighted by atomic mass is 9.92. The van der Waals surface area contributed by atoms with E-state index < -0.39 is 34.5 Å². The molecule has 2 aliphatic rings. The van der Waals surface area contributed by atoms with Gasteiger partial charge in [-0.3, -0.25) is 29.5 Å². The van der Waals surface area contributed by atoms with Crippen LogP contribution in [0, 0.1) is 16.0 Å². The van der Waals surface area contributed by atoms with Crippen LogP contribution in [-0.2, 0) is 9.59 Å². The SMILES string of the molecule is O=C(C1=NN(c2ccc([N+](=O)[O-])cc2)C2C(=O)N(c3ccc(Br)cc3)C(=O)C12)c1ccccc1. The number of hydrogen-bond donors (Lipinski definition) is 0. The van der Waals surface area contributed by atoms with Gasteiger partial charge in [-0.1, -0.05) is 46.3 Å². The predicted molar refractivity (Wildman–Crippen MR) is 128 cm³/mol. The normalized spacial score (nSPS) is 19.3. The summed E-state index contributed by atoms with van der Waals surface area (Å²) in [5, 5.41) is 16.7. The van der Waals surface area contributed by atoms with Crippen LogP contribution in [0.3, 0.4) is 0 Å². The van der Waals surface area contributed by atoms with Crippen LogP contribution in [0.25, 0.3) is 0 Å². The number of fused-ring (bicyclic) bond motifs is 1. The summed E-state index contributed by atoms with van der Waals surface area (Å²) < 4.78 is 0.782. The Kier molecular flexibility index (Phi) is 5.29. The molecule has 2 atom stereocenters. The average Bonchev–Trinajstić information content (AvgIpc) is 3.36. The topological polar surface area (TPSA) is 113 Å². The molecule has 1 fully saturated rings. The van der Waals surface area contributed by atoms with Crippen molar-refractivity contribution < 1.29 is 19.3 Å². The number of imide groups is 1. The second-order valence-corrected chi connectivity index (χ2v) is 8.62. The summed E-state index contributed by atoms with van der Waals surface area (Å²) >= 11 is 3.34. The molecule has 2 amide bonds. The third-order valence-corrected chi connectivity index (χ3v) is 6.26. The quantitative estimate of drug-likeness (QED) is 0.218. The Morgan fingerprint density at radius 1 is 0.882 bits per heavy atom. The van der Waals surface area contributed by atoms with Gasteiger partial charge in [0.15, 0.2) is 0 Å². The molecule has 2 aliphatic heterocycles. The molecule has 2 unspecified atom stereocenters. The van der Waals surface area contributed by atoms with Crippen molar-refractivity contribution in [2.24, 2.45) is 11.0 Å². The molecular formula is C24H15BrN4O5. The molecule has 2 heterocycles. The first kappa shape index (κ1) is 21.7. The van der Waals surface area contributed by atoms with E-state index in [0.717, 1.165) is 9.37 Å². The molecule has 3 aromatic rings. The smallest absolute Gasteiger partial charge is 0.269 e. The van der Waals surface area contributed by atoms with E-state index in [1.165, 1.54) is 29.3 Å². The molecule has 0 radical (unpaired) electrons. The fraction of sp³-hybridized carbons (Fsp3) is 0.0833. The Morgan fingerprint density at radius 2 is 1.50 bits per heavy atom. The van der Waals surface area contributed by atoms with Gasteiger partial charge in [0, 0.05) is 22.2 Å². The zero-order valence-corrected chi connectivity index (χ0v) is 19.0. The number of rotatable bonds is 5. The molecule has 0 saturated carbocycles. The predicted octanol–water partition coefficient (Wildman–Crippen LogP) is 3.97. The largest absolute Gasteiger partial charge is 0.287 e. The second-order valence-electron chi connectivity index (χ2n) is 7.71. The van der Waals surface area contributed by atoms with E-state index >= 15 is 0 Å². The van der Waals surface area contributed by atoms with E-state index in [9.17, 15) is 24.5 Å². The van der Waals surface area contributed by atoms with Crippen molar-refractivity contribution in [3.63, 3.8) is 0 Å². The highest BCUT2D eigenvalue weighted by molar-refractivity contribution is 9.10. The fourth-order valence-corrected chi connectivity index (χ4v) is 4.39. The van der Waals surface area contributed by atoms with E-state index in [2.05, 4.69) is 21.0 Å². The van der Waals surface area contributed by atoms with Gasteiger partial charge in [0.25, 0.3) is 11.6 Å². The van der Waals surface area contributed by atoms with Gasteiger partial charge in [0.05, 0.1) is 16.3 Å². The number of ketones is 1. The molecule has 168 valence electrons. The Balaban J connectivity index is 1.60. The number of non-ortho nitro benzene ring substituents is 1. The minimum absolute atomic E-state index is 0.0486.